The zero-order chi connectivity index (χ0) is 14.5. The lowest BCUT2D eigenvalue weighted by atomic mass is 10.4. The van der Waals surface area contributed by atoms with Crippen molar-refractivity contribution in [3.05, 3.63) is 24.3 Å². The third-order valence-corrected chi connectivity index (χ3v) is 9.12. The van der Waals surface area contributed by atoms with Crippen LogP contribution < -0.4 is 10.4 Å². The normalized spacial score (nSPS) is 15.3. The maximum Gasteiger partial charge on any atom is 0.536 e. The fraction of sp³-hybridized carbons (Fsp3) is 0.500. The standard InChI is InChI=1S/C12H22O5Si2/c1-14-18(5,10-13)11-6-8-12(9-7-11)19(15-2,16-3)17-4/h6-9,13H,10H2,1-5H3. The molecule has 1 aromatic rings. The molecule has 0 bridgehead atoms. The van der Waals surface area contributed by atoms with Crippen LogP contribution in [0.3, 0.4) is 0 Å². The van der Waals surface area contributed by atoms with E-state index in [2.05, 4.69) is 0 Å². The molecule has 1 atom stereocenters. The van der Waals surface area contributed by atoms with E-state index in [9.17, 15) is 5.11 Å². The second kappa shape index (κ2) is 6.75. The van der Waals surface area contributed by atoms with Crippen molar-refractivity contribution >= 4 is 27.5 Å². The van der Waals surface area contributed by atoms with Crippen molar-refractivity contribution < 1.29 is 22.8 Å². The Balaban J connectivity index is 3.11. The minimum absolute atomic E-state index is 0.0459. The van der Waals surface area contributed by atoms with Gasteiger partial charge in [-0.25, -0.2) is 0 Å². The summed E-state index contributed by atoms with van der Waals surface area (Å²) in [5, 5.41) is 11.4. The molecule has 1 rings (SSSR count). The Labute approximate surface area is 116 Å². The molecule has 1 N–H and O–H groups in total. The van der Waals surface area contributed by atoms with E-state index in [1.807, 2.05) is 30.8 Å². The highest BCUT2D eigenvalue weighted by molar-refractivity contribution is 6.85. The van der Waals surface area contributed by atoms with Gasteiger partial charge in [0.2, 0.25) is 8.32 Å². The molecule has 5 nitrogen and oxygen atoms in total. The van der Waals surface area contributed by atoms with Crippen LogP contribution in [0.5, 0.6) is 0 Å². The number of rotatable bonds is 7. The van der Waals surface area contributed by atoms with Gasteiger partial charge < -0.3 is 22.8 Å². The van der Waals surface area contributed by atoms with Gasteiger partial charge in [-0.05, 0) is 11.7 Å². The third kappa shape index (κ3) is 3.14. The molecule has 0 aliphatic carbocycles. The minimum atomic E-state index is -2.78. The molecule has 0 aliphatic heterocycles. The first-order valence-electron chi connectivity index (χ1n) is 5.94. The van der Waals surface area contributed by atoms with E-state index in [1.54, 1.807) is 28.4 Å². The van der Waals surface area contributed by atoms with Crippen molar-refractivity contribution in [3.8, 4) is 0 Å². The second-order valence-corrected chi connectivity index (χ2v) is 11.0. The number of aliphatic hydroxyl groups excluding tert-OH is 1. The molecule has 0 aromatic heterocycles. The van der Waals surface area contributed by atoms with E-state index in [0.717, 1.165) is 10.4 Å². The third-order valence-electron chi connectivity index (χ3n) is 3.41. The van der Waals surface area contributed by atoms with E-state index < -0.39 is 17.1 Å². The molecule has 1 aromatic carbocycles. The fourth-order valence-corrected chi connectivity index (χ4v) is 5.11. The maximum absolute atomic E-state index is 9.48. The predicted molar refractivity (Wildman–Crippen MR) is 78.2 cm³/mol. The molecule has 19 heavy (non-hydrogen) atoms. The zero-order valence-corrected chi connectivity index (χ0v) is 14.1. The molecular formula is C12H22O5Si2. The SMILES string of the molecule is CO[Si](C)(CO)c1ccc([Si](OC)(OC)OC)cc1. The van der Waals surface area contributed by atoms with Gasteiger partial charge in [0.15, 0.2) is 0 Å². The van der Waals surface area contributed by atoms with Crippen LogP contribution >= 0.6 is 0 Å². The van der Waals surface area contributed by atoms with Crippen LogP contribution in [0.4, 0.5) is 0 Å². The summed E-state index contributed by atoms with van der Waals surface area (Å²) in [5.74, 6) is 0. The molecule has 0 saturated heterocycles. The second-order valence-electron chi connectivity index (χ2n) is 4.34. The first-order chi connectivity index (χ1) is 9.01. The van der Waals surface area contributed by atoms with E-state index in [1.165, 1.54) is 0 Å². The number of aliphatic hydroxyl groups is 1. The highest BCUT2D eigenvalue weighted by Gasteiger charge is 2.41. The highest BCUT2D eigenvalue weighted by atomic mass is 28.4. The molecule has 7 heteroatoms. The molecule has 0 fully saturated rings. The Hall–Kier alpha value is -0.546. The molecule has 0 aliphatic rings. The van der Waals surface area contributed by atoms with Gasteiger partial charge in [0.1, 0.15) is 0 Å². The highest BCUT2D eigenvalue weighted by Crippen LogP contribution is 2.08. The van der Waals surface area contributed by atoms with E-state index in [4.69, 9.17) is 17.7 Å². The Bertz CT molecular complexity index is 379. The number of hydrogen-bond acceptors (Lipinski definition) is 5. The van der Waals surface area contributed by atoms with Gasteiger partial charge in [-0.15, -0.1) is 0 Å². The van der Waals surface area contributed by atoms with Crippen LogP contribution in [-0.2, 0) is 17.7 Å². The smallest absolute Gasteiger partial charge is 0.413 e. The van der Waals surface area contributed by atoms with Crippen molar-refractivity contribution in [1.29, 1.82) is 0 Å². The van der Waals surface area contributed by atoms with E-state index in [0.29, 0.717) is 0 Å². The first kappa shape index (κ1) is 16.5. The molecule has 0 amide bonds. The largest absolute Gasteiger partial charge is 0.536 e. The first-order valence-corrected chi connectivity index (χ1v) is 10.3. The summed E-state index contributed by atoms with van der Waals surface area (Å²) >= 11 is 0. The monoisotopic (exact) mass is 302 g/mol. The molecule has 0 heterocycles. The van der Waals surface area contributed by atoms with Crippen LogP contribution in [0.1, 0.15) is 0 Å². The van der Waals surface area contributed by atoms with Gasteiger partial charge in [-0.3, -0.25) is 0 Å². The molecule has 0 spiro atoms. The molecule has 0 saturated carbocycles. The number of benzene rings is 1. The number of hydrogen-bond donors (Lipinski definition) is 1. The van der Waals surface area contributed by atoms with Gasteiger partial charge >= 0.3 is 8.80 Å². The van der Waals surface area contributed by atoms with Gasteiger partial charge in [0.05, 0.1) is 6.23 Å². The summed E-state index contributed by atoms with van der Waals surface area (Å²) in [7, 11) is 1.35. The van der Waals surface area contributed by atoms with Crippen molar-refractivity contribution in [3.63, 3.8) is 0 Å². The molecule has 0 radical (unpaired) electrons. The average molecular weight is 302 g/mol. The summed E-state index contributed by atoms with van der Waals surface area (Å²) in [6.07, 6.45) is 0.0459. The lowest BCUT2D eigenvalue weighted by Gasteiger charge is -2.26. The molecular weight excluding hydrogens is 280 g/mol. The maximum atomic E-state index is 9.48. The van der Waals surface area contributed by atoms with Crippen LogP contribution in [-0.4, -0.2) is 56.9 Å². The van der Waals surface area contributed by atoms with Gasteiger partial charge in [-0.1, -0.05) is 24.3 Å². The summed E-state index contributed by atoms with van der Waals surface area (Å²) in [5.41, 5.74) is 0. The fourth-order valence-electron chi connectivity index (χ4n) is 1.90. The van der Waals surface area contributed by atoms with Crippen LogP contribution in [0.25, 0.3) is 0 Å². The Morgan fingerprint density at radius 3 is 1.58 bits per heavy atom. The molecule has 1 unspecified atom stereocenters. The Kier molecular flexibility index (Phi) is 5.87. The summed E-state index contributed by atoms with van der Waals surface area (Å²) in [4.78, 5) is 0. The van der Waals surface area contributed by atoms with Crippen molar-refractivity contribution in [1.82, 2.24) is 0 Å². The van der Waals surface area contributed by atoms with Crippen molar-refractivity contribution in [2.75, 3.05) is 34.7 Å². The van der Waals surface area contributed by atoms with Gasteiger partial charge in [0.25, 0.3) is 0 Å². The lowest BCUT2D eigenvalue weighted by molar-refractivity contribution is 0.140. The lowest BCUT2D eigenvalue weighted by Crippen LogP contribution is -2.56. The Morgan fingerprint density at radius 2 is 1.26 bits per heavy atom. The van der Waals surface area contributed by atoms with E-state index >= 15 is 0 Å². The topological polar surface area (TPSA) is 57.2 Å². The average Bonchev–Trinajstić information content (AvgIpc) is 2.49. The van der Waals surface area contributed by atoms with Crippen LogP contribution in [0, 0.1) is 0 Å². The minimum Gasteiger partial charge on any atom is -0.413 e. The molecule has 108 valence electrons. The van der Waals surface area contributed by atoms with Crippen molar-refractivity contribution in [2.24, 2.45) is 0 Å². The van der Waals surface area contributed by atoms with E-state index in [-0.39, 0.29) is 6.23 Å². The van der Waals surface area contributed by atoms with Gasteiger partial charge in [-0.2, -0.15) is 0 Å². The quantitative estimate of drug-likeness (QED) is 0.703. The zero-order valence-electron chi connectivity index (χ0n) is 12.1. The predicted octanol–water partition coefficient (Wildman–Crippen LogP) is -0.268. The van der Waals surface area contributed by atoms with Crippen molar-refractivity contribution in [2.45, 2.75) is 6.55 Å². The van der Waals surface area contributed by atoms with Crippen LogP contribution in [0.15, 0.2) is 24.3 Å². The summed E-state index contributed by atoms with van der Waals surface area (Å²) in [6, 6.07) is 7.72. The summed E-state index contributed by atoms with van der Waals surface area (Å²) in [6.45, 7) is 1.97. The summed E-state index contributed by atoms with van der Waals surface area (Å²) < 4.78 is 21.8. The van der Waals surface area contributed by atoms with Gasteiger partial charge in [0, 0.05) is 33.6 Å². The van der Waals surface area contributed by atoms with Crippen LogP contribution in [0.2, 0.25) is 6.55 Å². The Morgan fingerprint density at radius 1 is 0.842 bits per heavy atom.